The van der Waals surface area contributed by atoms with Gasteiger partial charge < -0.3 is 9.64 Å². The van der Waals surface area contributed by atoms with Gasteiger partial charge in [0.15, 0.2) is 5.13 Å². The van der Waals surface area contributed by atoms with E-state index in [1.807, 2.05) is 18.2 Å². The Morgan fingerprint density at radius 1 is 1.55 bits per heavy atom. The predicted molar refractivity (Wildman–Crippen MR) is 81.6 cm³/mol. The maximum absolute atomic E-state index is 11.7. The van der Waals surface area contributed by atoms with Crippen molar-refractivity contribution < 1.29 is 9.53 Å². The summed E-state index contributed by atoms with van der Waals surface area (Å²) < 4.78 is 5.93. The second-order valence-electron chi connectivity index (χ2n) is 4.92. The molecule has 0 radical (unpaired) electrons. The lowest BCUT2D eigenvalue weighted by Crippen LogP contribution is -2.39. The SMILES string of the molecule is COC(=O)C1CCCN(c2nc3ccc(Cl)cc3s2)C1. The number of fused-ring (bicyclic) bond motifs is 1. The van der Waals surface area contributed by atoms with Gasteiger partial charge in [-0.05, 0) is 31.0 Å². The minimum Gasteiger partial charge on any atom is -0.469 e. The number of nitrogens with zero attached hydrogens (tertiary/aromatic N) is 2. The first kappa shape index (κ1) is 13.6. The molecule has 0 amide bonds. The number of piperidine rings is 1. The first-order valence-corrected chi connectivity index (χ1v) is 7.75. The zero-order valence-corrected chi connectivity index (χ0v) is 12.7. The first-order valence-electron chi connectivity index (χ1n) is 6.56. The van der Waals surface area contributed by atoms with E-state index in [1.54, 1.807) is 11.3 Å². The van der Waals surface area contributed by atoms with Crippen molar-refractivity contribution in [3.63, 3.8) is 0 Å². The molecule has 1 atom stereocenters. The van der Waals surface area contributed by atoms with Crippen LogP contribution in [0, 0.1) is 5.92 Å². The highest BCUT2D eigenvalue weighted by molar-refractivity contribution is 7.22. The number of hydrogen-bond acceptors (Lipinski definition) is 5. The van der Waals surface area contributed by atoms with Crippen LogP contribution in [0.4, 0.5) is 5.13 Å². The van der Waals surface area contributed by atoms with Crippen molar-refractivity contribution in [2.75, 3.05) is 25.1 Å². The Morgan fingerprint density at radius 3 is 3.20 bits per heavy atom. The average Bonchev–Trinajstić information content (AvgIpc) is 2.89. The number of halogens is 1. The van der Waals surface area contributed by atoms with Crippen LogP contribution >= 0.6 is 22.9 Å². The number of esters is 1. The Kier molecular flexibility index (Phi) is 3.81. The summed E-state index contributed by atoms with van der Waals surface area (Å²) in [6.07, 6.45) is 1.87. The molecule has 106 valence electrons. The Hall–Kier alpha value is -1.33. The molecule has 0 saturated carbocycles. The van der Waals surface area contributed by atoms with Crippen molar-refractivity contribution in [1.29, 1.82) is 0 Å². The van der Waals surface area contributed by atoms with E-state index < -0.39 is 0 Å². The van der Waals surface area contributed by atoms with Gasteiger partial charge in [-0.25, -0.2) is 4.98 Å². The zero-order chi connectivity index (χ0) is 14.1. The summed E-state index contributed by atoms with van der Waals surface area (Å²) in [7, 11) is 1.45. The number of carbonyl (C=O) groups excluding carboxylic acids is 1. The number of benzene rings is 1. The maximum atomic E-state index is 11.7. The Morgan fingerprint density at radius 2 is 2.40 bits per heavy atom. The first-order chi connectivity index (χ1) is 9.67. The molecule has 1 aliphatic heterocycles. The molecule has 1 aromatic heterocycles. The molecule has 0 spiro atoms. The molecule has 1 saturated heterocycles. The Balaban J connectivity index is 1.84. The van der Waals surface area contributed by atoms with E-state index in [0.29, 0.717) is 6.54 Å². The lowest BCUT2D eigenvalue weighted by molar-refractivity contribution is -0.145. The smallest absolute Gasteiger partial charge is 0.310 e. The minimum absolute atomic E-state index is 0.0515. The molecule has 1 unspecified atom stereocenters. The van der Waals surface area contributed by atoms with Crippen LogP contribution in [-0.4, -0.2) is 31.2 Å². The summed E-state index contributed by atoms with van der Waals surface area (Å²) in [5.74, 6) is -0.178. The van der Waals surface area contributed by atoms with E-state index in [0.717, 1.165) is 39.8 Å². The number of aromatic nitrogens is 1. The van der Waals surface area contributed by atoms with Gasteiger partial charge in [0.2, 0.25) is 0 Å². The largest absolute Gasteiger partial charge is 0.469 e. The van der Waals surface area contributed by atoms with E-state index in [4.69, 9.17) is 16.3 Å². The monoisotopic (exact) mass is 310 g/mol. The molecule has 1 aromatic carbocycles. The van der Waals surface area contributed by atoms with Crippen molar-refractivity contribution in [3.05, 3.63) is 23.2 Å². The number of carbonyl (C=O) groups is 1. The van der Waals surface area contributed by atoms with Crippen molar-refractivity contribution in [1.82, 2.24) is 4.98 Å². The summed E-state index contributed by atoms with van der Waals surface area (Å²) in [6.45, 7) is 1.61. The average molecular weight is 311 g/mol. The van der Waals surface area contributed by atoms with Gasteiger partial charge in [-0.3, -0.25) is 4.79 Å². The molecule has 2 heterocycles. The highest BCUT2D eigenvalue weighted by atomic mass is 35.5. The number of methoxy groups -OCH3 is 1. The third-order valence-corrected chi connectivity index (χ3v) is 4.88. The standard InChI is InChI=1S/C14H15ClN2O2S/c1-19-13(18)9-3-2-6-17(8-9)14-16-11-5-4-10(15)7-12(11)20-14/h4-5,7,9H,2-3,6,8H2,1H3. The number of thiazole rings is 1. The van der Waals surface area contributed by atoms with Crippen molar-refractivity contribution in [2.45, 2.75) is 12.8 Å². The minimum atomic E-state index is -0.126. The van der Waals surface area contributed by atoms with E-state index in [1.165, 1.54) is 7.11 Å². The summed E-state index contributed by atoms with van der Waals surface area (Å²) >= 11 is 7.62. The molecule has 0 N–H and O–H groups in total. The van der Waals surface area contributed by atoms with Gasteiger partial charge in [-0.1, -0.05) is 22.9 Å². The van der Waals surface area contributed by atoms with E-state index in [-0.39, 0.29) is 11.9 Å². The maximum Gasteiger partial charge on any atom is 0.310 e. The van der Waals surface area contributed by atoms with Crippen molar-refractivity contribution in [3.8, 4) is 0 Å². The fourth-order valence-corrected chi connectivity index (χ4v) is 3.81. The van der Waals surface area contributed by atoms with Gasteiger partial charge in [-0.15, -0.1) is 0 Å². The molecule has 1 fully saturated rings. The molecule has 3 rings (SSSR count). The van der Waals surface area contributed by atoms with Crippen LogP contribution in [0.1, 0.15) is 12.8 Å². The molecule has 4 nitrogen and oxygen atoms in total. The van der Waals surface area contributed by atoms with Gasteiger partial charge >= 0.3 is 5.97 Å². The van der Waals surface area contributed by atoms with Crippen molar-refractivity contribution >= 4 is 44.3 Å². The van der Waals surface area contributed by atoms with Crippen LogP contribution in [-0.2, 0) is 9.53 Å². The highest BCUT2D eigenvalue weighted by Crippen LogP contribution is 2.33. The third kappa shape index (κ3) is 2.60. The molecule has 2 aromatic rings. The highest BCUT2D eigenvalue weighted by Gasteiger charge is 2.27. The van der Waals surface area contributed by atoms with Gasteiger partial charge in [0.05, 0.1) is 23.2 Å². The summed E-state index contributed by atoms with van der Waals surface area (Å²) in [4.78, 5) is 18.5. The predicted octanol–water partition coefficient (Wildman–Crippen LogP) is 3.34. The van der Waals surface area contributed by atoms with Crippen LogP contribution in [0.15, 0.2) is 18.2 Å². The number of hydrogen-bond donors (Lipinski definition) is 0. The fourth-order valence-electron chi connectivity index (χ4n) is 2.53. The summed E-state index contributed by atoms with van der Waals surface area (Å²) in [5.41, 5.74) is 0.953. The van der Waals surface area contributed by atoms with Gasteiger partial charge in [0, 0.05) is 18.1 Å². The second-order valence-corrected chi connectivity index (χ2v) is 6.36. The molecular formula is C14H15ClN2O2S. The van der Waals surface area contributed by atoms with Gasteiger partial charge in [0.1, 0.15) is 0 Å². The molecule has 1 aliphatic rings. The molecule has 0 bridgehead atoms. The van der Waals surface area contributed by atoms with Crippen LogP contribution < -0.4 is 4.90 Å². The zero-order valence-electron chi connectivity index (χ0n) is 11.1. The van der Waals surface area contributed by atoms with Crippen molar-refractivity contribution in [2.24, 2.45) is 5.92 Å². The van der Waals surface area contributed by atoms with E-state index >= 15 is 0 Å². The fraction of sp³-hybridized carbons (Fsp3) is 0.429. The van der Waals surface area contributed by atoms with E-state index in [2.05, 4.69) is 9.88 Å². The normalized spacial score (nSPS) is 19.3. The summed E-state index contributed by atoms with van der Waals surface area (Å²) in [6, 6.07) is 5.71. The number of anilines is 1. The Bertz CT molecular complexity index is 643. The summed E-state index contributed by atoms with van der Waals surface area (Å²) in [5, 5.41) is 1.68. The van der Waals surface area contributed by atoms with Crippen LogP contribution in [0.5, 0.6) is 0 Å². The molecule has 20 heavy (non-hydrogen) atoms. The lowest BCUT2D eigenvalue weighted by atomic mass is 9.99. The number of ether oxygens (including phenoxy) is 1. The van der Waals surface area contributed by atoms with Gasteiger partial charge in [-0.2, -0.15) is 0 Å². The van der Waals surface area contributed by atoms with Crippen LogP contribution in [0.25, 0.3) is 10.2 Å². The van der Waals surface area contributed by atoms with Crippen LogP contribution in [0.2, 0.25) is 5.02 Å². The van der Waals surface area contributed by atoms with E-state index in [9.17, 15) is 4.79 Å². The number of rotatable bonds is 2. The molecule has 6 heteroatoms. The Labute approximate surface area is 126 Å². The topological polar surface area (TPSA) is 42.4 Å². The molecule has 0 aliphatic carbocycles. The van der Waals surface area contributed by atoms with Gasteiger partial charge in [0.25, 0.3) is 0 Å². The third-order valence-electron chi connectivity index (χ3n) is 3.57. The lowest BCUT2D eigenvalue weighted by Gasteiger charge is -2.30. The van der Waals surface area contributed by atoms with Crippen LogP contribution in [0.3, 0.4) is 0 Å². The second kappa shape index (κ2) is 5.58. The quantitative estimate of drug-likeness (QED) is 0.798. The molecular weight excluding hydrogens is 296 g/mol.